The van der Waals surface area contributed by atoms with Gasteiger partial charge in [-0.25, -0.2) is 9.59 Å². The maximum absolute atomic E-state index is 11.0. The van der Waals surface area contributed by atoms with Crippen LogP contribution in [0.2, 0.25) is 0 Å². The second kappa shape index (κ2) is 4.63. The van der Waals surface area contributed by atoms with Gasteiger partial charge in [-0.1, -0.05) is 0 Å². The lowest BCUT2D eigenvalue weighted by molar-refractivity contribution is 0.0650. The highest BCUT2D eigenvalue weighted by Crippen LogP contribution is 2.27. The quantitative estimate of drug-likeness (QED) is 0.669. The first kappa shape index (κ1) is 13.9. The van der Waals surface area contributed by atoms with Crippen molar-refractivity contribution in [1.82, 2.24) is 0 Å². The molecular weight excluding hydrogens is 268 g/mol. The van der Waals surface area contributed by atoms with E-state index in [9.17, 15) is 18.0 Å². The van der Waals surface area contributed by atoms with Crippen LogP contribution in [0.3, 0.4) is 0 Å². The Morgan fingerprint density at radius 3 is 1.89 bits per heavy atom. The normalized spacial score (nSPS) is 11.0. The summed E-state index contributed by atoms with van der Waals surface area (Å²) >= 11 is 0. The van der Waals surface area contributed by atoms with Crippen molar-refractivity contribution >= 4 is 22.1 Å². The van der Waals surface area contributed by atoms with Crippen molar-refractivity contribution in [3.05, 3.63) is 23.3 Å². The van der Waals surface area contributed by atoms with Gasteiger partial charge >= 0.3 is 11.9 Å². The summed E-state index contributed by atoms with van der Waals surface area (Å²) in [4.78, 5) is 20.8. The molecule has 0 spiro atoms. The molecule has 0 atom stereocenters. The minimum Gasteiger partial charge on any atom is -0.495 e. The predicted octanol–water partition coefficient (Wildman–Crippen LogP) is 0.338. The van der Waals surface area contributed by atoms with Crippen LogP contribution < -0.4 is 4.74 Å². The van der Waals surface area contributed by atoms with E-state index in [-0.39, 0.29) is 0 Å². The van der Waals surface area contributed by atoms with Gasteiger partial charge in [0.15, 0.2) is 0 Å². The zero-order chi connectivity index (χ0) is 14.1. The van der Waals surface area contributed by atoms with Gasteiger partial charge in [0.25, 0.3) is 10.1 Å². The summed E-state index contributed by atoms with van der Waals surface area (Å²) in [5.74, 6) is -3.66. The van der Waals surface area contributed by atoms with Gasteiger partial charge in [0, 0.05) is 0 Å². The molecule has 0 fully saturated rings. The van der Waals surface area contributed by atoms with Crippen molar-refractivity contribution in [2.75, 3.05) is 7.11 Å². The third kappa shape index (κ3) is 2.57. The molecule has 3 N–H and O–H groups in total. The number of methoxy groups -OCH3 is 1. The molecule has 0 saturated heterocycles. The van der Waals surface area contributed by atoms with Gasteiger partial charge in [0.2, 0.25) is 0 Å². The lowest BCUT2D eigenvalue weighted by atomic mass is 10.1. The number of carbonyl (C=O) groups is 2. The van der Waals surface area contributed by atoms with Crippen LogP contribution in [-0.4, -0.2) is 42.2 Å². The Kier molecular flexibility index (Phi) is 3.58. The summed E-state index contributed by atoms with van der Waals surface area (Å²) < 4.78 is 35.5. The Hall–Kier alpha value is -2.13. The number of hydrogen-bond donors (Lipinski definition) is 3. The topological polar surface area (TPSA) is 138 Å². The second-order valence-electron chi connectivity index (χ2n) is 3.13. The van der Waals surface area contributed by atoms with Crippen molar-refractivity contribution in [1.29, 1.82) is 0 Å². The smallest absolute Gasteiger partial charge is 0.336 e. The van der Waals surface area contributed by atoms with Crippen LogP contribution >= 0.6 is 0 Å². The van der Waals surface area contributed by atoms with Crippen LogP contribution in [0.15, 0.2) is 17.0 Å². The average Bonchev–Trinajstić information content (AvgIpc) is 2.25. The molecule has 0 radical (unpaired) electrons. The first-order valence-corrected chi connectivity index (χ1v) is 5.78. The maximum Gasteiger partial charge on any atom is 0.336 e. The molecule has 0 saturated carbocycles. The largest absolute Gasteiger partial charge is 0.495 e. The molecule has 18 heavy (non-hydrogen) atoms. The molecule has 0 aliphatic rings. The molecule has 0 aliphatic heterocycles. The van der Waals surface area contributed by atoms with Gasteiger partial charge in [-0.15, -0.1) is 0 Å². The molecule has 8 nitrogen and oxygen atoms in total. The summed E-state index contributed by atoms with van der Waals surface area (Å²) in [7, 11) is -3.67. The third-order valence-corrected chi connectivity index (χ3v) is 2.92. The van der Waals surface area contributed by atoms with Gasteiger partial charge in [0.05, 0.1) is 18.2 Å². The Balaban J connectivity index is 3.73. The van der Waals surface area contributed by atoms with E-state index in [1.165, 1.54) is 0 Å². The number of benzene rings is 1. The van der Waals surface area contributed by atoms with Crippen molar-refractivity contribution < 1.29 is 37.5 Å². The first-order chi connectivity index (χ1) is 8.18. The Morgan fingerprint density at radius 1 is 1.11 bits per heavy atom. The van der Waals surface area contributed by atoms with Crippen molar-refractivity contribution in [3.63, 3.8) is 0 Å². The van der Waals surface area contributed by atoms with E-state index in [2.05, 4.69) is 4.74 Å². The minimum atomic E-state index is -4.73. The van der Waals surface area contributed by atoms with Crippen molar-refractivity contribution in [2.24, 2.45) is 0 Å². The molecule has 0 bridgehead atoms. The Bertz CT molecular complexity index is 616. The number of rotatable bonds is 4. The molecule has 0 heterocycles. The molecule has 1 rings (SSSR count). The van der Waals surface area contributed by atoms with Crippen LogP contribution in [0.1, 0.15) is 20.7 Å². The molecule has 0 aromatic heterocycles. The third-order valence-electron chi connectivity index (χ3n) is 2.04. The van der Waals surface area contributed by atoms with Gasteiger partial charge in [0.1, 0.15) is 10.6 Å². The average molecular weight is 276 g/mol. The van der Waals surface area contributed by atoms with E-state index in [1.54, 1.807) is 0 Å². The fraction of sp³-hybridized carbons (Fsp3) is 0.111. The number of ether oxygens (including phenoxy) is 1. The fourth-order valence-corrected chi connectivity index (χ4v) is 1.94. The first-order valence-electron chi connectivity index (χ1n) is 4.34. The van der Waals surface area contributed by atoms with Crippen LogP contribution in [0.25, 0.3) is 0 Å². The predicted molar refractivity (Wildman–Crippen MR) is 56.7 cm³/mol. The van der Waals surface area contributed by atoms with Crippen LogP contribution in [-0.2, 0) is 10.1 Å². The molecule has 1 aromatic rings. The van der Waals surface area contributed by atoms with Crippen LogP contribution in [0.4, 0.5) is 0 Å². The van der Waals surface area contributed by atoms with Gasteiger partial charge in [-0.2, -0.15) is 8.42 Å². The number of carboxylic acid groups (broad SMARTS) is 2. The molecule has 9 heteroatoms. The van der Waals surface area contributed by atoms with Gasteiger partial charge in [-0.3, -0.25) is 4.55 Å². The SMILES string of the molecule is COc1cc(C(=O)O)c(C(=O)O)cc1S(=O)(=O)O. The summed E-state index contributed by atoms with van der Waals surface area (Å²) in [6, 6.07) is 1.24. The highest BCUT2D eigenvalue weighted by atomic mass is 32.2. The molecular formula is C9H8O8S. The van der Waals surface area contributed by atoms with E-state index >= 15 is 0 Å². The van der Waals surface area contributed by atoms with E-state index in [0.29, 0.717) is 6.07 Å². The molecule has 0 aliphatic carbocycles. The van der Waals surface area contributed by atoms with Gasteiger partial charge < -0.3 is 14.9 Å². The number of aromatic carboxylic acids is 2. The monoisotopic (exact) mass is 276 g/mol. The van der Waals surface area contributed by atoms with Crippen molar-refractivity contribution in [3.8, 4) is 5.75 Å². The Morgan fingerprint density at radius 2 is 1.56 bits per heavy atom. The maximum atomic E-state index is 11.0. The number of carboxylic acids is 2. The zero-order valence-electron chi connectivity index (χ0n) is 8.95. The summed E-state index contributed by atoms with van der Waals surface area (Å²) in [5, 5.41) is 17.6. The molecule has 98 valence electrons. The van der Waals surface area contributed by atoms with Gasteiger partial charge in [-0.05, 0) is 12.1 Å². The summed E-state index contributed by atoms with van der Waals surface area (Å²) in [6.07, 6.45) is 0. The summed E-state index contributed by atoms with van der Waals surface area (Å²) in [5.41, 5.74) is -1.41. The fourth-order valence-electron chi connectivity index (χ4n) is 1.27. The second-order valence-corrected chi connectivity index (χ2v) is 4.52. The zero-order valence-corrected chi connectivity index (χ0v) is 9.76. The number of hydrogen-bond acceptors (Lipinski definition) is 5. The lowest BCUT2D eigenvalue weighted by Gasteiger charge is -2.09. The Labute approximate surface area is 101 Å². The van der Waals surface area contributed by atoms with E-state index in [1.807, 2.05) is 0 Å². The molecule has 0 unspecified atom stereocenters. The minimum absolute atomic E-state index is 0.458. The highest BCUT2D eigenvalue weighted by molar-refractivity contribution is 7.86. The standard InChI is InChI=1S/C9H8O8S/c1-17-6-2-4(8(10)11)5(9(12)13)3-7(6)18(14,15)16/h2-3H,1H3,(H,10,11)(H,12,13)(H,14,15,16). The molecule has 0 amide bonds. The molecule has 1 aromatic carbocycles. The highest BCUT2D eigenvalue weighted by Gasteiger charge is 2.25. The van der Waals surface area contributed by atoms with Crippen molar-refractivity contribution in [2.45, 2.75) is 4.90 Å². The van der Waals surface area contributed by atoms with Crippen LogP contribution in [0.5, 0.6) is 5.75 Å². The summed E-state index contributed by atoms with van der Waals surface area (Å²) in [6.45, 7) is 0. The lowest BCUT2D eigenvalue weighted by Crippen LogP contribution is -2.11. The van der Waals surface area contributed by atoms with E-state index < -0.39 is 43.8 Å². The van der Waals surface area contributed by atoms with E-state index in [4.69, 9.17) is 14.8 Å². The van der Waals surface area contributed by atoms with Crippen LogP contribution in [0, 0.1) is 0 Å². The van der Waals surface area contributed by atoms with E-state index in [0.717, 1.165) is 13.2 Å².